The van der Waals surface area contributed by atoms with Gasteiger partial charge in [-0.2, -0.15) is 0 Å². The minimum Gasteiger partial charge on any atom is -0.347 e. The lowest BCUT2D eigenvalue weighted by molar-refractivity contribution is -0.109. The molecule has 0 amide bonds. The van der Waals surface area contributed by atoms with Gasteiger partial charge in [-0.25, -0.2) is 22.0 Å². The molecule has 50 heavy (non-hydrogen) atoms. The number of carbonyl (C=O) groups is 2. The molecular weight excluding hydrogens is 645 g/mol. The standard InChI is InChI=1S/C42H26F5NO2/c43-35-36(44)38(46)40(39(47)37(35)45)48(29-21-31(25-13-5-1-6-14-25)41(49)32(22-29)26-15-7-2-8-16-26)30-23-33(27-17-9-3-10-18-27)42(50)34(24-30)28-19-11-4-12-20-28/h1-24,29-30H. The van der Waals surface area contributed by atoms with Crippen LogP contribution in [0.25, 0.3) is 22.3 Å². The molecular formula is C42H26F5NO2. The van der Waals surface area contributed by atoms with Crippen LogP contribution in [0.5, 0.6) is 0 Å². The fraction of sp³-hybridized carbons (Fsp3) is 0.0476. The molecule has 0 radical (unpaired) electrons. The first-order valence-electron chi connectivity index (χ1n) is 15.7. The first kappa shape index (κ1) is 32.4. The molecule has 8 heteroatoms. The largest absolute Gasteiger partial charge is 0.347 e. The van der Waals surface area contributed by atoms with Crippen molar-refractivity contribution in [3.05, 3.63) is 197 Å². The summed E-state index contributed by atoms with van der Waals surface area (Å²) in [5.41, 5.74) is 1.40. The maximum Gasteiger partial charge on any atom is 0.200 e. The van der Waals surface area contributed by atoms with Crippen LogP contribution in [-0.2, 0) is 9.59 Å². The van der Waals surface area contributed by atoms with Crippen molar-refractivity contribution >= 4 is 39.5 Å². The van der Waals surface area contributed by atoms with Gasteiger partial charge >= 0.3 is 0 Å². The number of anilines is 1. The van der Waals surface area contributed by atoms with E-state index in [1.807, 2.05) is 0 Å². The lowest BCUT2D eigenvalue weighted by Crippen LogP contribution is -2.44. The molecule has 2 aliphatic carbocycles. The van der Waals surface area contributed by atoms with Crippen LogP contribution in [0, 0.1) is 29.1 Å². The van der Waals surface area contributed by atoms with Gasteiger partial charge in [-0.3, -0.25) is 9.59 Å². The summed E-state index contributed by atoms with van der Waals surface area (Å²) < 4.78 is 76.6. The molecule has 0 N–H and O–H groups in total. The first-order valence-corrected chi connectivity index (χ1v) is 15.7. The average molecular weight is 672 g/mol. The summed E-state index contributed by atoms with van der Waals surface area (Å²) in [6.07, 6.45) is 5.80. The Kier molecular flexibility index (Phi) is 8.68. The minimum absolute atomic E-state index is 0.164. The van der Waals surface area contributed by atoms with Crippen molar-refractivity contribution in [1.82, 2.24) is 0 Å². The highest BCUT2D eigenvalue weighted by atomic mass is 19.2. The molecule has 0 spiro atoms. The Balaban J connectivity index is 1.54. The average Bonchev–Trinajstić information content (AvgIpc) is 3.17. The Morgan fingerprint density at radius 1 is 0.360 bits per heavy atom. The molecule has 0 saturated carbocycles. The quantitative estimate of drug-likeness (QED) is 0.0983. The molecule has 5 aromatic rings. The summed E-state index contributed by atoms with van der Waals surface area (Å²) in [5.74, 6) is -11.4. The van der Waals surface area contributed by atoms with Crippen LogP contribution >= 0.6 is 0 Å². The van der Waals surface area contributed by atoms with Gasteiger partial charge in [0.15, 0.2) is 34.8 Å². The number of Topliss-reactive ketones (excluding diaryl/α,β-unsaturated/α-hetero) is 2. The van der Waals surface area contributed by atoms with Gasteiger partial charge in [0.2, 0.25) is 5.82 Å². The van der Waals surface area contributed by atoms with E-state index in [0.717, 1.165) is 4.90 Å². The highest BCUT2D eigenvalue weighted by Gasteiger charge is 2.39. The minimum atomic E-state index is -2.30. The third-order valence-corrected chi connectivity index (χ3v) is 8.75. The lowest BCUT2D eigenvalue weighted by Gasteiger charge is -2.39. The third kappa shape index (κ3) is 5.79. The van der Waals surface area contributed by atoms with Crippen molar-refractivity contribution in [2.75, 3.05) is 4.90 Å². The molecule has 0 aliphatic heterocycles. The zero-order valence-corrected chi connectivity index (χ0v) is 26.2. The fourth-order valence-electron chi connectivity index (χ4n) is 6.39. The second-order valence-electron chi connectivity index (χ2n) is 11.8. The summed E-state index contributed by atoms with van der Waals surface area (Å²) in [5, 5.41) is 0. The molecule has 246 valence electrons. The van der Waals surface area contributed by atoms with E-state index in [1.54, 1.807) is 121 Å². The maximum atomic E-state index is 16.0. The van der Waals surface area contributed by atoms with Gasteiger partial charge in [0.25, 0.3) is 0 Å². The van der Waals surface area contributed by atoms with Gasteiger partial charge in [0, 0.05) is 22.3 Å². The Morgan fingerprint density at radius 2 is 0.600 bits per heavy atom. The van der Waals surface area contributed by atoms with E-state index in [2.05, 4.69) is 0 Å². The number of carbonyl (C=O) groups excluding carboxylic acids is 2. The van der Waals surface area contributed by atoms with Gasteiger partial charge in [-0.1, -0.05) is 121 Å². The molecule has 0 unspecified atom stereocenters. The third-order valence-electron chi connectivity index (χ3n) is 8.75. The van der Waals surface area contributed by atoms with Crippen LogP contribution in [0.3, 0.4) is 0 Å². The van der Waals surface area contributed by atoms with E-state index in [1.165, 1.54) is 24.3 Å². The molecule has 0 aromatic heterocycles. The summed E-state index contributed by atoms with van der Waals surface area (Å²) >= 11 is 0. The van der Waals surface area contributed by atoms with E-state index < -0.39 is 58.4 Å². The molecule has 0 heterocycles. The monoisotopic (exact) mass is 671 g/mol. The number of ketones is 2. The Bertz CT molecular complexity index is 1970. The Hall–Kier alpha value is -6.15. The zero-order valence-electron chi connectivity index (χ0n) is 26.2. The van der Waals surface area contributed by atoms with Gasteiger partial charge in [-0.15, -0.1) is 0 Å². The van der Waals surface area contributed by atoms with Crippen molar-refractivity contribution in [3.8, 4) is 0 Å². The molecule has 3 nitrogen and oxygen atoms in total. The molecule has 0 bridgehead atoms. The molecule has 0 atom stereocenters. The Morgan fingerprint density at radius 3 is 0.860 bits per heavy atom. The maximum absolute atomic E-state index is 16.0. The summed E-state index contributed by atoms with van der Waals surface area (Å²) in [6.45, 7) is 0. The van der Waals surface area contributed by atoms with Crippen LogP contribution < -0.4 is 4.90 Å². The number of hydrogen-bond donors (Lipinski definition) is 0. The van der Waals surface area contributed by atoms with Gasteiger partial charge < -0.3 is 4.90 Å². The number of rotatable bonds is 7. The second kappa shape index (κ2) is 13.4. The van der Waals surface area contributed by atoms with Crippen molar-refractivity contribution in [2.45, 2.75) is 12.1 Å². The fourth-order valence-corrected chi connectivity index (χ4v) is 6.39. The molecule has 0 fully saturated rings. The van der Waals surface area contributed by atoms with Crippen LogP contribution in [-0.4, -0.2) is 23.7 Å². The predicted molar refractivity (Wildman–Crippen MR) is 184 cm³/mol. The first-order chi connectivity index (χ1) is 24.2. The predicted octanol–water partition coefficient (Wildman–Crippen LogP) is 9.43. The zero-order chi connectivity index (χ0) is 34.9. The smallest absolute Gasteiger partial charge is 0.200 e. The van der Waals surface area contributed by atoms with E-state index >= 15 is 17.6 Å². The van der Waals surface area contributed by atoms with Crippen molar-refractivity contribution in [2.24, 2.45) is 0 Å². The number of nitrogens with zero attached hydrogens (tertiary/aromatic N) is 1. The van der Waals surface area contributed by atoms with Crippen LogP contribution in [0.1, 0.15) is 22.3 Å². The topological polar surface area (TPSA) is 37.4 Å². The molecule has 7 rings (SSSR count). The van der Waals surface area contributed by atoms with Gasteiger partial charge in [-0.05, 0) is 46.6 Å². The summed E-state index contributed by atoms with van der Waals surface area (Å²) in [7, 11) is 0. The lowest BCUT2D eigenvalue weighted by atomic mass is 9.83. The van der Waals surface area contributed by atoms with E-state index in [9.17, 15) is 14.0 Å². The normalized spacial score (nSPS) is 15.3. The number of hydrogen-bond acceptors (Lipinski definition) is 3. The Labute approximate surface area is 284 Å². The molecule has 2 aliphatic rings. The number of allylic oxidation sites excluding steroid dienone is 4. The SMILES string of the molecule is O=C1C(c2ccccc2)=CC(N(c2c(F)c(F)c(F)c(F)c2F)C2C=C(c3ccccc3)C(=O)C(c3ccccc3)=C2)C=C1c1ccccc1. The second-order valence-corrected chi connectivity index (χ2v) is 11.8. The van der Waals surface area contributed by atoms with Gasteiger partial charge in [0.05, 0.1) is 12.1 Å². The highest BCUT2D eigenvalue weighted by Crippen LogP contribution is 2.41. The summed E-state index contributed by atoms with van der Waals surface area (Å²) in [4.78, 5) is 29.2. The van der Waals surface area contributed by atoms with E-state index in [4.69, 9.17) is 0 Å². The van der Waals surface area contributed by atoms with Gasteiger partial charge in [0.1, 0.15) is 5.69 Å². The van der Waals surface area contributed by atoms with Crippen molar-refractivity contribution in [1.29, 1.82) is 0 Å². The van der Waals surface area contributed by atoms with E-state index in [0.29, 0.717) is 22.3 Å². The van der Waals surface area contributed by atoms with Crippen molar-refractivity contribution in [3.63, 3.8) is 0 Å². The van der Waals surface area contributed by atoms with E-state index in [-0.39, 0.29) is 22.3 Å². The molecule has 5 aromatic carbocycles. The molecule has 0 saturated heterocycles. The highest BCUT2D eigenvalue weighted by molar-refractivity contribution is 6.44. The number of halogens is 5. The van der Waals surface area contributed by atoms with Crippen molar-refractivity contribution < 1.29 is 31.5 Å². The summed E-state index contributed by atoms with van der Waals surface area (Å²) in [6, 6.07) is 31.8. The van der Waals surface area contributed by atoms with Crippen LogP contribution in [0.4, 0.5) is 27.6 Å². The van der Waals surface area contributed by atoms with Crippen LogP contribution in [0.15, 0.2) is 146 Å². The van der Waals surface area contributed by atoms with Crippen LogP contribution in [0.2, 0.25) is 0 Å². The number of benzene rings is 5.